The minimum Gasteiger partial charge on any atom is -0.507 e. The van der Waals surface area contributed by atoms with Gasteiger partial charge in [0.15, 0.2) is 5.82 Å². The molecule has 2 aliphatic rings. The van der Waals surface area contributed by atoms with Crippen molar-refractivity contribution < 1.29 is 23.9 Å². The highest BCUT2D eigenvalue weighted by Crippen LogP contribution is 2.51. The Balaban J connectivity index is 0.000000909. The maximum Gasteiger partial charge on any atom is 0.292 e. The number of phenols is 1. The standard InChI is InChI=1S/C30H38N4O3.C2H4O2/c1-19(2)20(3)28-16-29(33-37-28)34-12-10-30(11-13-34)17-23(18-30)36-22-8-9-25(31)21(14-22)15-26(32)24-6-4-5-7-27(24)35;1-4-2-3/h4-9,14-16,19-20,23,35H,10-13,17-18,31-32H2,1-3H3;2H,1H3/b26-15-;. The molecule has 220 valence electrons. The van der Waals surface area contributed by atoms with Gasteiger partial charge in [-0.2, -0.15) is 0 Å². The number of hydrogen-bond acceptors (Lipinski definition) is 9. The van der Waals surface area contributed by atoms with Gasteiger partial charge in [0.1, 0.15) is 17.3 Å². The molecule has 5 N–H and O–H groups in total. The topological polar surface area (TPSA) is 137 Å². The predicted molar refractivity (Wildman–Crippen MR) is 161 cm³/mol. The Morgan fingerprint density at radius 1 is 1.15 bits per heavy atom. The Kier molecular flexibility index (Phi) is 9.47. The van der Waals surface area contributed by atoms with E-state index in [1.54, 1.807) is 24.3 Å². The van der Waals surface area contributed by atoms with Crippen molar-refractivity contribution in [1.29, 1.82) is 0 Å². The zero-order chi connectivity index (χ0) is 29.6. The second-order valence-electron chi connectivity index (χ2n) is 11.5. The summed E-state index contributed by atoms with van der Waals surface area (Å²) in [5.74, 6) is 3.77. The van der Waals surface area contributed by atoms with Crippen molar-refractivity contribution in [1.82, 2.24) is 5.16 Å². The first-order chi connectivity index (χ1) is 19.6. The lowest BCUT2D eigenvalue weighted by Crippen LogP contribution is -2.51. The number of methoxy groups -OCH3 is 1. The Morgan fingerprint density at radius 3 is 2.46 bits per heavy atom. The number of piperidine rings is 1. The van der Waals surface area contributed by atoms with E-state index < -0.39 is 0 Å². The summed E-state index contributed by atoms with van der Waals surface area (Å²) in [6, 6.07) is 14.8. The monoisotopic (exact) mass is 562 g/mol. The highest BCUT2D eigenvalue weighted by Gasteiger charge is 2.47. The van der Waals surface area contributed by atoms with Gasteiger partial charge in [-0.3, -0.25) is 4.79 Å². The maximum atomic E-state index is 10.1. The Labute approximate surface area is 242 Å². The van der Waals surface area contributed by atoms with Crippen LogP contribution < -0.4 is 21.1 Å². The fourth-order valence-electron chi connectivity index (χ4n) is 5.49. The Morgan fingerprint density at radius 2 is 1.83 bits per heavy atom. The number of aromatic nitrogens is 1. The van der Waals surface area contributed by atoms with Gasteiger partial charge in [0.2, 0.25) is 0 Å². The molecule has 2 heterocycles. The van der Waals surface area contributed by atoms with Crippen LogP contribution in [0.3, 0.4) is 0 Å². The van der Waals surface area contributed by atoms with Crippen LogP contribution in [-0.2, 0) is 9.53 Å². The molecule has 41 heavy (non-hydrogen) atoms. The molecule has 1 aliphatic carbocycles. The summed E-state index contributed by atoms with van der Waals surface area (Å²) in [6.07, 6.45) is 6.39. The van der Waals surface area contributed by atoms with Crippen LogP contribution in [-0.4, -0.2) is 43.0 Å². The van der Waals surface area contributed by atoms with Gasteiger partial charge in [-0.1, -0.05) is 38.1 Å². The highest BCUT2D eigenvalue weighted by molar-refractivity contribution is 5.85. The first kappa shape index (κ1) is 29.8. The van der Waals surface area contributed by atoms with Crippen LogP contribution >= 0.6 is 0 Å². The van der Waals surface area contributed by atoms with Gasteiger partial charge in [-0.05, 0) is 73.4 Å². The summed E-state index contributed by atoms with van der Waals surface area (Å²) in [5, 5.41) is 14.5. The number of carbonyl (C=O) groups excluding carboxylic acids is 1. The summed E-state index contributed by atoms with van der Waals surface area (Å²) >= 11 is 0. The average molecular weight is 563 g/mol. The molecule has 1 aliphatic heterocycles. The number of rotatable bonds is 8. The van der Waals surface area contributed by atoms with Gasteiger partial charge in [0, 0.05) is 47.6 Å². The van der Waals surface area contributed by atoms with E-state index in [-0.39, 0.29) is 11.9 Å². The van der Waals surface area contributed by atoms with Gasteiger partial charge >= 0.3 is 0 Å². The van der Waals surface area contributed by atoms with E-state index in [1.807, 2.05) is 24.3 Å². The molecule has 5 rings (SSSR count). The van der Waals surface area contributed by atoms with Crippen LogP contribution in [0.2, 0.25) is 0 Å². The molecule has 1 aromatic heterocycles. The number of phenolic OH excluding ortho intramolecular Hbond substituents is 1. The summed E-state index contributed by atoms with van der Waals surface area (Å²) in [6.45, 7) is 8.98. The zero-order valence-corrected chi connectivity index (χ0v) is 24.4. The van der Waals surface area contributed by atoms with Crippen LogP contribution in [0.15, 0.2) is 53.1 Å². The number of benzene rings is 2. The van der Waals surface area contributed by atoms with Gasteiger partial charge in [-0.15, -0.1) is 0 Å². The van der Waals surface area contributed by atoms with Crippen LogP contribution in [0.5, 0.6) is 11.5 Å². The molecule has 2 aromatic carbocycles. The molecule has 1 saturated carbocycles. The summed E-state index contributed by atoms with van der Waals surface area (Å²) in [7, 11) is 1.31. The number of nitrogens with two attached hydrogens (primary N) is 2. The molecule has 2 fully saturated rings. The third kappa shape index (κ3) is 7.14. The van der Waals surface area contributed by atoms with Crippen LogP contribution in [0.4, 0.5) is 11.5 Å². The number of carbonyl (C=O) groups is 1. The summed E-state index contributed by atoms with van der Waals surface area (Å²) < 4.78 is 15.8. The minimum atomic E-state index is 0.141. The van der Waals surface area contributed by atoms with Crippen molar-refractivity contribution in [3.63, 3.8) is 0 Å². The number of para-hydroxylation sites is 1. The third-order valence-corrected chi connectivity index (χ3v) is 8.42. The van der Waals surface area contributed by atoms with Crippen molar-refractivity contribution in [3.05, 3.63) is 65.4 Å². The van der Waals surface area contributed by atoms with Gasteiger partial charge < -0.3 is 35.5 Å². The molecule has 3 aromatic rings. The van der Waals surface area contributed by atoms with E-state index in [1.165, 1.54) is 7.11 Å². The van der Waals surface area contributed by atoms with E-state index >= 15 is 0 Å². The lowest BCUT2D eigenvalue weighted by molar-refractivity contribution is -0.126. The normalized spacial score (nSPS) is 17.4. The van der Waals surface area contributed by atoms with E-state index in [0.717, 1.165) is 61.7 Å². The number of hydrogen-bond donors (Lipinski definition) is 3. The lowest BCUT2D eigenvalue weighted by Gasteiger charge is -2.51. The number of aromatic hydroxyl groups is 1. The second kappa shape index (κ2) is 13.0. The molecule has 0 amide bonds. The van der Waals surface area contributed by atoms with Crippen molar-refractivity contribution >= 4 is 29.8 Å². The molecular weight excluding hydrogens is 520 g/mol. The average Bonchev–Trinajstić information content (AvgIpc) is 3.44. The largest absolute Gasteiger partial charge is 0.507 e. The molecule has 0 radical (unpaired) electrons. The number of anilines is 2. The number of nitrogens with zero attached hydrogens (tertiary/aromatic N) is 2. The minimum absolute atomic E-state index is 0.141. The van der Waals surface area contributed by atoms with E-state index in [4.69, 9.17) is 25.5 Å². The smallest absolute Gasteiger partial charge is 0.292 e. The second-order valence-corrected chi connectivity index (χ2v) is 11.5. The number of nitrogen functional groups attached to an aromatic ring is 1. The molecule has 9 heteroatoms. The molecule has 1 spiro atoms. The lowest BCUT2D eigenvalue weighted by atomic mass is 9.61. The predicted octanol–water partition coefficient (Wildman–Crippen LogP) is 5.80. The van der Waals surface area contributed by atoms with Gasteiger partial charge in [0.25, 0.3) is 6.47 Å². The molecule has 0 bridgehead atoms. The fraction of sp³-hybridized carbons (Fsp3) is 0.438. The first-order valence-corrected chi connectivity index (χ1v) is 14.1. The maximum absolute atomic E-state index is 10.1. The van der Waals surface area contributed by atoms with Crippen molar-refractivity contribution in [2.45, 2.75) is 58.5 Å². The molecule has 1 saturated heterocycles. The van der Waals surface area contributed by atoms with E-state index in [9.17, 15) is 5.11 Å². The third-order valence-electron chi connectivity index (χ3n) is 8.42. The van der Waals surface area contributed by atoms with Gasteiger partial charge in [0.05, 0.1) is 13.2 Å². The summed E-state index contributed by atoms with van der Waals surface area (Å²) in [4.78, 5) is 11.3. The highest BCUT2D eigenvalue weighted by atomic mass is 16.5. The van der Waals surface area contributed by atoms with E-state index in [2.05, 4.69) is 41.6 Å². The molecule has 1 unspecified atom stereocenters. The first-order valence-electron chi connectivity index (χ1n) is 14.1. The van der Waals surface area contributed by atoms with Gasteiger partial charge in [-0.25, -0.2) is 0 Å². The van der Waals surface area contributed by atoms with Crippen molar-refractivity contribution in [3.8, 4) is 11.5 Å². The van der Waals surface area contributed by atoms with Crippen molar-refractivity contribution in [2.24, 2.45) is 17.1 Å². The van der Waals surface area contributed by atoms with Crippen LogP contribution in [0.1, 0.15) is 69.3 Å². The Hall–Kier alpha value is -4.14. The van der Waals surface area contributed by atoms with Crippen LogP contribution in [0, 0.1) is 11.3 Å². The van der Waals surface area contributed by atoms with Crippen molar-refractivity contribution in [2.75, 3.05) is 30.8 Å². The summed E-state index contributed by atoms with van der Waals surface area (Å²) in [5.41, 5.74) is 15.2. The molecule has 9 nitrogen and oxygen atoms in total. The van der Waals surface area contributed by atoms with E-state index in [0.29, 0.717) is 40.7 Å². The fourth-order valence-corrected chi connectivity index (χ4v) is 5.49. The molecule has 1 atom stereocenters. The Bertz CT molecular complexity index is 1340. The molecular formula is C32H42N4O5. The van der Waals surface area contributed by atoms with Crippen LogP contribution in [0.25, 0.3) is 11.8 Å². The number of ether oxygens (including phenoxy) is 2. The zero-order valence-electron chi connectivity index (χ0n) is 24.4. The SMILES string of the molecule is CC(C)C(C)c1cc(N2CCC3(CC2)CC(Oc2ccc(N)c(/C=C(\N)c4ccccc4O)c2)C3)no1.COC=O. The quantitative estimate of drug-likeness (QED) is 0.177.